The molecule has 15 heavy (non-hydrogen) atoms. The van der Waals surface area contributed by atoms with Crippen LogP contribution in [0.15, 0.2) is 0 Å². The lowest BCUT2D eigenvalue weighted by molar-refractivity contribution is -0.153. The molecule has 3 nitrogen and oxygen atoms in total. The second kappa shape index (κ2) is 4.97. The second-order valence-corrected chi connectivity index (χ2v) is 5.32. The first-order valence-electron chi connectivity index (χ1n) is 5.90. The van der Waals surface area contributed by atoms with Gasteiger partial charge in [-0.05, 0) is 37.5 Å². The zero-order valence-electron chi connectivity index (χ0n) is 10.1. The molecule has 1 saturated carbocycles. The molecule has 2 N–H and O–H groups in total. The minimum atomic E-state index is -0.445. The number of ether oxygens (including phenoxy) is 1. The molecule has 1 aliphatic rings. The molecule has 0 aliphatic heterocycles. The van der Waals surface area contributed by atoms with E-state index in [-0.39, 0.29) is 12.1 Å². The van der Waals surface area contributed by atoms with Crippen LogP contribution in [0.4, 0.5) is 0 Å². The summed E-state index contributed by atoms with van der Waals surface area (Å²) in [6.07, 6.45) is 4.98. The average molecular weight is 213 g/mol. The van der Waals surface area contributed by atoms with Gasteiger partial charge in [0.2, 0.25) is 0 Å². The van der Waals surface area contributed by atoms with Gasteiger partial charge in [-0.15, -0.1) is 0 Å². The number of hydrogen-bond acceptors (Lipinski definition) is 3. The third-order valence-electron chi connectivity index (χ3n) is 3.31. The lowest BCUT2D eigenvalue weighted by Gasteiger charge is -2.34. The largest absolute Gasteiger partial charge is 0.461 e. The maximum atomic E-state index is 11.5. The number of rotatable bonds is 3. The van der Waals surface area contributed by atoms with Gasteiger partial charge in [-0.25, -0.2) is 0 Å². The van der Waals surface area contributed by atoms with E-state index in [9.17, 15) is 4.79 Å². The van der Waals surface area contributed by atoms with Gasteiger partial charge in [0.1, 0.15) is 12.1 Å². The Kier molecular flexibility index (Phi) is 4.14. The van der Waals surface area contributed by atoms with Crippen LogP contribution in [0.1, 0.15) is 52.9 Å². The topological polar surface area (TPSA) is 52.3 Å². The van der Waals surface area contributed by atoms with E-state index in [2.05, 4.69) is 13.8 Å². The Labute approximate surface area is 92.4 Å². The molecule has 0 aromatic rings. The number of esters is 1. The van der Waals surface area contributed by atoms with Crippen molar-refractivity contribution in [1.82, 2.24) is 0 Å². The average Bonchev–Trinajstić information content (AvgIpc) is 2.20. The highest BCUT2D eigenvalue weighted by Gasteiger charge is 2.29. The normalized spacial score (nSPS) is 23.5. The molecule has 0 radical (unpaired) electrons. The van der Waals surface area contributed by atoms with E-state index in [0.29, 0.717) is 11.8 Å². The Morgan fingerprint density at radius 1 is 1.47 bits per heavy atom. The summed E-state index contributed by atoms with van der Waals surface area (Å²) in [5, 5.41) is 0. The van der Waals surface area contributed by atoms with Crippen LogP contribution < -0.4 is 5.73 Å². The number of carbonyl (C=O) groups excluding carboxylic acids is 1. The summed E-state index contributed by atoms with van der Waals surface area (Å²) >= 11 is 0. The minimum Gasteiger partial charge on any atom is -0.461 e. The molecule has 3 heteroatoms. The predicted octanol–water partition coefficient (Wildman–Crippen LogP) is 2.24. The van der Waals surface area contributed by atoms with E-state index >= 15 is 0 Å². The molecule has 0 spiro atoms. The molecule has 1 aliphatic carbocycles. The molecule has 0 heterocycles. The molecule has 0 aromatic heterocycles. The van der Waals surface area contributed by atoms with Crippen molar-refractivity contribution in [3.05, 3.63) is 0 Å². The maximum absolute atomic E-state index is 11.5. The molecule has 1 fully saturated rings. The first kappa shape index (κ1) is 12.5. The first-order chi connectivity index (χ1) is 6.94. The summed E-state index contributed by atoms with van der Waals surface area (Å²) in [6, 6.07) is -0.445. The fraction of sp³-hybridized carbons (Fsp3) is 0.917. The maximum Gasteiger partial charge on any atom is 0.323 e. The SMILES string of the molecule is CC[C@@H](N)C(=O)OC1CCC(C)(C)CC1. The molecule has 0 unspecified atom stereocenters. The van der Waals surface area contributed by atoms with Gasteiger partial charge in [-0.2, -0.15) is 0 Å². The van der Waals surface area contributed by atoms with Gasteiger partial charge in [-0.3, -0.25) is 4.79 Å². The van der Waals surface area contributed by atoms with Crippen molar-refractivity contribution in [2.75, 3.05) is 0 Å². The van der Waals surface area contributed by atoms with E-state index in [0.717, 1.165) is 25.7 Å². The van der Waals surface area contributed by atoms with Gasteiger partial charge >= 0.3 is 5.97 Å². The smallest absolute Gasteiger partial charge is 0.323 e. The number of hydrogen-bond donors (Lipinski definition) is 1. The predicted molar refractivity (Wildman–Crippen MR) is 60.4 cm³/mol. The fourth-order valence-electron chi connectivity index (χ4n) is 1.91. The Morgan fingerprint density at radius 2 is 2.00 bits per heavy atom. The lowest BCUT2D eigenvalue weighted by atomic mass is 9.76. The Morgan fingerprint density at radius 3 is 2.47 bits per heavy atom. The fourth-order valence-corrected chi connectivity index (χ4v) is 1.91. The van der Waals surface area contributed by atoms with Crippen LogP contribution >= 0.6 is 0 Å². The van der Waals surface area contributed by atoms with Crippen molar-refractivity contribution in [3.63, 3.8) is 0 Å². The van der Waals surface area contributed by atoms with Crippen LogP contribution in [0, 0.1) is 5.41 Å². The molecule has 0 saturated heterocycles. The number of nitrogens with two attached hydrogens (primary N) is 1. The van der Waals surface area contributed by atoms with Crippen LogP contribution in [-0.4, -0.2) is 18.1 Å². The summed E-state index contributed by atoms with van der Waals surface area (Å²) in [7, 11) is 0. The van der Waals surface area contributed by atoms with Gasteiger partial charge in [-0.1, -0.05) is 20.8 Å². The Hall–Kier alpha value is -0.570. The van der Waals surface area contributed by atoms with E-state index in [1.165, 1.54) is 0 Å². The Bertz CT molecular complexity index is 216. The van der Waals surface area contributed by atoms with Crippen molar-refractivity contribution in [2.24, 2.45) is 11.1 Å². The van der Waals surface area contributed by atoms with E-state index in [4.69, 9.17) is 10.5 Å². The van der Waals surface area contributed by atoms with Gasteiger partial charge in [0, 0.05) is 0 Å². The molecule has 88 valence electrons. The van der Waals surface area contributed by atoms with Crippen LogP contribution in [0.2, 0.25) is 0 Å². The summed E-state index contributed by atoms with van der Waals surface area (Å²) in [6.45, 7) is 6.43. The second-order valence-electron chi connectivity index (χ2n) is 5.32. The summed E-state index contributed by atoms with van der Waals surface area (Å²) in [5.74, 6) is -0.234. The summed E-state index contributed by atoms with van der Waals surface area (Å²) in [5.41, 5.74) is 6.02. The highest BCUT2D eigenvalue weighted by molar-refractivity contribution is 5.75. The van der Waals surface area contributed by atoms with Gasteiger partial charge in [0.05, 0.1) is 0 Å². The first-order valence-corrected chi connectivity index (χ1v) is 5.90. The van der Waals surface area contributed by atoms with Crippen LogP contribution in [-0.2, 0) is 9.53 Å². The van der Waals surface area contributed by atoms with E-state index in [1.54, 1.807) is 0 Å². The molecular weight excluding hydrogens is 190 g/mol. The monoisotopic (exact) mass is 213 g/mol. The van der Waals surface area contributed by atoms with Crippen molar-refractivity contribution in [3.8, 4) is 0 Å². The van der Waals surface area contributed by atoms with Crippen LogP contribution in [0.3, 0.4) is 0 Å². The minimum absolute atomic E-state index is 0.100. The molecule has 0 bridgehead atoms. The third kappa shape index (κ3) is 3.82. The summed E-state index contributed by atoms with van der Waals surface area (Å²) in [4.78, 5) is 11.5. The van der Waals surface area contributed by atoms with Crippen molar-refractivity contribution in [2.45, 2.75) is 65.0 Å². The van der Waals surface area contributed by atoms with Gasteiger partial charge in [0.15, 0.2) is 0 Å². The highest BCUT2D eigenvalue weighted by atomic mass is 16.5. The Balaban J connectivity index is 2.33. The quantitative estimate of drug-likeness (QED) is 0.731. The molecule has 0 aromatic carbocycles. The van der Waals surface area contributed by atoms with Crippen molar-refractivity contribution < 1.29 is 9.53 Å². The molecule has 0 amide bonds. The molecule has 1 rings (SSSR count). The summed E-state index contributed by atoms with van der Waals surface area (Å²) < 4.78 is 5.37. The molecule has 1 atom stereocenters. The van der Waals surface area contributed by atoms with Crippen molar-refractivity contribution >= 4 is 5.97 Å². The lowest BCUT2D eigenvalue weighted by Crippen LogP contribution is -2.36. The van der Waals surface area contributed by atoms with Crippen LogP contribution in [0.5, 0.6) is 0 Å². The zero-order chi connectivity index (χ0) is 11.5. The van der Waals surface area contributed by atoms with E-state index in [1.807, 2.05) is 6.92 Å². The van der Waals surface area contributed by atoms with E-state index < -0.39 is 6.04 Å². The molecular formula is C12H23NO2. The van der Waals surface area contributed by atoms with Crippen LogP contribution in [0.25, 0.3) is 0 Å². The zero-order valence-corrected chi connectivity index (χ0v) is 10.1. The highest BCUT2D eigenvalue weighted by Crippen LogP contribution is 2.36. The van der Waals surface area contributed by atoms with Crippen molar-refractivity contribution in [1.29, 1.82) is 0 Å². The standard InChI is InChI=1S/C12H23NO2/c1-4-10(13)11(14)15-9-5-7-12(2,3)8-6-9/h9-10H,4-8,13H2,1-3H3/t10-/m1/s1. The number of carbonyl (C=O) groups is 1. The van der Waals surface area contributed by atoms with Gasteiger partial charge < -0.3 is 10.5 Å². The third-order valence-corrected chi connectivity index (χ3v) is 3.31. The van der Waals surface area contributed by atoms with Gasteiger partial charge in [0.25, 0.3) is 0 Å².